The maximum absolute atomic E-state index is 5.29. The van der Waals surface area contributed by atoms with Gasteiger partial charge in [0.05, 0.1) is 11.4 Å². The summed E-state index contributed by atoms with van der Waals surface area (Å²) in [5.74, 6) is 0.706. The van der Waals surface area contributed by atoms with E-state index >= 15 is 0 Å². The Morgan fingerprint density at radius 1 is 0.322 bits per heavy atom. The number of hydrogen-bond acceptors (Lipinski definition) is 2. The van der Waals surface area contributed by atoms with Crippen LogP contribution in [0.4, 0.5) is 0 Å². The van der Waals surface area contributed by atoms with Gasteiger partial charge in [0.2, 0.25) is 0 Å². The molecule has 0 aliphatic heterocycles. The van der Waals surface area contributed by atoms with Crippen molar-refractivity contribution in [3.8, 4) is 78.4 Å². The second-order valence-electron chi connectivity index (χ2n) is 16.1. The summed E-state index contributed by atoms with van der Waals surface area (Å²) in [6.07, 6.45) is 0. The van der Waals surface area contributed by atoms with Crippen molar-refractivity contribution < 1.29 is 0 Å². The van der Waals surface area contributed by atoms with Crippen LogP contribution in [0.15, 0.2) is 206 Å². The number of fused-ring (bicyclic) bond motifs is 6. The largest absolute Gasteiger partial charge is 0.228 e. The van der Waals surface area contributed by atoms with Gasteiger partial charge in [-0.2, -0.15) is 0 Å². The Labute approximate surface area is 345 Å². The van der Waals surface area contributed by atoms with Gasteiger partial charge in [0.1, 0.15) is 0 Å². The molecule has 0 saturated heterocycles. The van der Waals surface area contributed by atoms with Gasteiger partial charge in [-0.25, -0.2) is 9.97 Å². The van der Waals surface area contributed by atoms with E-state index in [2.05, 4.69) is 214 Å². The van der Waals surface area contributed by atoms with Crippen molar-refractivity contribution in [1.82, 2.24) is 9.97 Å². The lowest BCUT2D eigenvalue weighted by Gasteiger charge is -2.22. The zero-order chi connectivity index (χ0) is 39.5. The van der Waals surface area contributed by atoms with Crippen LogP contribution in [0.5, 0.6) is 0 Å². The fourth-order valence-electron chi connectivity index (χ4n) is 9.32. The molecule has 2 nitrogen and oxygen atoms in total. The summed E-state index contributed by atoms with van der Waals surface area (Å²) in [7, 11) is 0. The molecule has 1 aliphatic rings. The molecule has 1 aliphatic carbocycles. The van der Waals surface area contributed by atoms with Crippen LogP contribution in [-0.2, 0) is 5.41 Å². The van der Waals surface area contributed by atoms with E-state index in [0.717, 1.165) is 39.0 Å². The molecule has 0 spiro atoms. The number of nitrogens with zero attached hydrogens (tertiary/aromatic N) is 2. The minimum Gasteiger partial charge on any atom is -0.228 e. The highest BCUT2D eigenvalue weighted by Gasteiger charge is 2.38. The summed E-state index contributed by atoms with van der Waals surface area (Å²) in [6, 6.07) is 74.2. The molecule has 59 heavy (non-hydrogen) atoms. The average molecular weight is 753 g/mol. The molecule has 1 heterocycles. The standard InChI is InChI=1S/C57H40N2/c1-57(2)50-26-14-25-49(55(50)54-44-22-10-9-17-39(44)31-34-51(54)57)47-32-33-48(46-24-12-11-23-45(46)47)53-36-52(58-56(59-53)41-18-7-4-8-19-41)40-29-27-38(28-30-40)43-21-13-20-42(35-43)37-15-5-3-6-16-37/h3-36H,1-2H3. The summed E-state index contributed by atoms with van der Waals surface area (Å²) >= 11 is 0. The first-order chi connectivity index (χ1) is 29.0. The van der Waals surface area contributed by atoms with Gasteiger partial charge in [0.15, 0.2) is 5.82 Å². The minimum atomic E-state index is -0.115. The van der Waals surface area contributed by atoms with E-state index in [9.17, 15) is 0 Å². The quantitative estimate of drug-likeness (QED) is 0.169. The van der Waals surface area contributed by atoms with Gasteiger partial charge in [-0.05, 0) is 89.3 Å². The summed E-state index contributed by atoms with van der Waals surface area (Å²) in [4.78, 5) is 10.5. The van der Waals surface area contributed by atoms with Crippen LogP contribution < -0.4 is 0 Å². The molecule has 0 bridgehead atoms. The van der Waals surface area contributed by atoms with Crippen molar-refractivity contribution in [1.29, 1.82) is 0 Å². The second kappa shape index (κ2) is 13.9. The van der Waals surface area contributed by atoms with Gasteiger partial charge in [0, 0.05) is 22.1 Å². The third-order valence-corrected chi connectivity index (χ3v) is 12.3. The molecule has 0 amide bonds. The van der Waals surface area contributed by atoms with Crippen LogP contribution in [0, 0.1) is 0 Å². The molecule has 0 atom stereocenters. The highest BCUT2D eigenvalue weighted by Crippen LogP contribution is 2.55. The first-order valence-electron chi connectivity index (χ1n) is 20.4. The lowest BCUT2D eigenvalue weighted by atomic mass is 9.81. The Balaban J connectivity index is 1.05. The predicted octanol–water partition coefficient (Wildman–Crippen LogP) is 15.1. The van der Waals surface area contributed by atoms with Crippen LogP contribution in [0.2, 0.25) is 0 Å². The predicted molar refractivity (Wildman–Crippen MR) is 247 cm³/mol. The highest BCUT2D eigenvalue weighted by molar-refractivity contribution is 6.11. The van der Waals surface area contributed by atoms with E-state index in [1.807, 2.05) is 6.07 Å². The zero-order valence-corrected chi connectivity index (χ0v) is 33.0. The molecule has 0 radical (unpaired) electrons. The Kier molecular flexibility index (Phi) is 8.20. The molecule has 0 fully saturated rings. The monoisotopic (exact) mass is 752 g/mol. The number of aromatic nitrogens is 2. The van der Waals surface area contributed by atoms with E-state index in [4.69, 9.17) is 9.97 Å². The number of rotatable bonds is 6. The molecule has 2 heteroatoms. The van der Waals surface area contributed by atoms with Crippen LogP contribution in [0.25, 0.3) is 100.0 Å². The van der Waals surface area contributed by atoms with Crippen molar-refractivity contribution >= 4 is 21.5 Å². The molecule has 0 saturated carbocycles. The SMILES string of the molecule is CC1(C)c2cccc(-c3ccc(-c4cc(-c5ccc(-c6cccc(-c7ccccc7)c6)cc5)nc(-c5ccccc5)n4)c4ccccc34)c2-c2c1ccc1ccccc21. The van der Waals surface area contributed by atoms with Crippen LogP contribution in [-0.4, -0.2) is 9.97 Å². The van der Waals surface area contributed by atoms with Crippen molar-refractivity contribution in [2.24, 2.45) is 0 Å². The molecule has 0 unspecified atom stereocenters. The summed E-state index contributed by atoms with van der Waals surface area (Å²) in [6.45, 7) is 4.73. The van der Waals surface area contributed by atoms with Gasteiger partial charge in [-0.3, -0.25) is 0 Å². The normalized spacial score (nSPS) is 12.7. The van der Waals surface area contributed by atoms with Crippen molar-refractivity contribution in [2.45, 2.75) is 19.3 Å². The molecule has 278 valence electrons. The number of hydrogen-bond donors (Lipinski definition) is 0. The molecular formula is C57H40N2. The first-order valence-corrected chi connectivity index (χ1v) is 20.4. The third-order valence-electron chi connectivity index (χ3n) is 12.3. The Morgan fingerprint density at radius 3 is 1.61 bits per heavy atom. The lowest BCUT2D eigenvalue weighted by Crippen LogP contribution is -2.14. The summed E-state index contributed by atoms with van der Waals surface area (Å²) in [5, 5.41) is 4.94. The fourth-order valence-corrected chi connectivity index (χ4v) is 9.32. The van der Waals surface area contributed by atoms with Gasteiger partial charge in [-0.1, -0.05) is 208 Å². The maximum atomic E-state index is 5.29. The molecule has 0 N–H and O–H groups in total. The van der Waals surface area contributed by atoms with Gasteiger partial charge in [0.25, 0.3) is 0 Å². The van der Waals surface area contributed by atoms with Gasteiger partial charge < -0.3 is 0 Å². The first kappa shape index (κ1) is 34.8. The maximum Gasteiger partial charge on any atom is 0.160 e. The van der Waals surface area contributed by atoms with E-state index in [0.29, 0.717) is 5.82 Å². The summed E-state index contributed by atoms with van der Waals surface area (Å²) in [5.41, 5.74) is 17.5. The van der Waals surface area contributed by atoms with Crippen LogP contribution >= 0.6 is 0 Å². The van der Waals surface area contributed by atoms with Crippen molar-refractivity contribution in [3.63, 3.8) is 0 Å². The van der Waals surface area contributed by atoms with Crippen LogP contribution in [0.1, 0.15) is 25.0 Å². The van der Waals surface area contributed by atoms with Crippen molar-refractivity contribution in [2.75, 3.05) is 0 Å². The number of benzene rings is 9. The molecule has 9 aromatic carbocycles. The van der Waals surface area contributed by atoms with E-state index in [1.54, 1.807) is 0 Å². The summed E-state index contributed by atoms with van der Waals surface area (Å²) < 4.78 is 0. The Hall–Kier alpha value is -7.42. The molecule has 10 aromatic rings. The smallest absolute Gasteiger partial charge is 0.160 e. The van der Waals surface area contributed by atoms with Crippen molar-refractivity contribution in [3.05, 3.63) is 217 Å². The van der Waals surface area contributed by atoms with E-state index < -0.39 is 0 Å². The van der Waals surface area contributed by atoms with E-state index in [1.165, 1.54) is 66.2 Å². The Bertz CT molecular complexity index is 3220. The highest BCUT2D eigenvalue weighted by atomic mass is 14.9. The Morgan fingerprint density at radius 2 is 0.864 bits per heavy atom. The average Bonchev–Trinajstić information content (AvgIpc) is 3.55. The molecule has 1 aromatic heterocycles. The fraction of sp³-hybridized carbons (Fsp3) is 0.0526. The van der Waals surface area contributed by atoms with Gasteiger partial charge >= 0.3 is 0 Å². The zero-order valence-electron chi connectivity index (χ0n) is 33.0. The molecular weight excluding hydrogens is 713 g/mol. The topological polar surface area (TPSA) is 25.8 Å². The van der Waals surface area contributed by atoms with Gasteiger partial charge in [-0.15, -0.1) is 0 Å². The third kappa shape index (κ3) is 5.87. The minimum absolute atomic E-state index is 0.115. The molecule has 11 rings (SSSR count). The van der Waals surface area contributed by atoms with E-state index in [-0.39, 0.29) is 5.41 Å². The second-order valence-corrected chi connectivity index (χ2v) is 16.1. The van der Waals surface area contributed by atoms with Crippen LogP contribution in [0.3, 0.4) is 0 Å². The lowest BCUT2D eigenvalue weighted by molar-refractivity contribution is 0.661.